The van der Waals surface area contributed by atoms with Crippen molar-refractivity contribution in [3.63, 3.8) is 0 Å². The molecule has 0 bridgehead atoms. The van der Waals surface area contributed by atoms with E-state index >= 15 is 0 Å². The Hall–Kier alpha value is -1.82. The Kier molecular flexibility index (Phi) is 5.46. The van der Waals surface area contributed by atoms with Gasteiger partial charge in [0.05, 0.1) is 18.4 Å². The molecule has 0 saturated heterocycles. The van der Waals surface area contributed by atoms with Crippen LogP contribution in [0.3, 0.4) is 0 Å². The van der Waals surface area contributed by atoms with Crippen LogP contribution in [0.2, 0.25) is 0 Å². The van der Waals surface area contributed by atoms with Gasteiger partial charge in [-0.15, -0.1) is 0 Å². The number of esters is 1. The lowest BCUT2D eigenvalue weighted by Crippen LogP contribution is -2.15. The first-order valence-electron chi connectivity index (χ1n) is 7.03. The van der Waals surface area contributed by atoms with E-state index in [1.54, 1.807) is 0 Å². The predicted octanol–water partition coefficient (Wildman–Crippen LogP) is 4.83. The van der Waals surface area contributed by atoms with E-state index in [1.165, 1.54) is 31.4 Å². The zero-order valence-corrected chi connectivity index (χ0v) is 14.6. The Balaban J connectivity index is 2.89. The summed E-state index contributed by atoms with van der Waals surface area (Å²) in [7, 11) is 1.26. The van der Waals surface area contributed by atoms with Gasteiger partial charge in [-0.2, -0.15) is 4.39 Å². The van der Waals surface area contributed by atoms with Crippen molar-refractivity contribution in [3.8, 4) is 11.1 Å². The van der Waals surface area contributed by atoms with Crippen LogP contribution in [0.15, 0.2) is 24.3 Å². The van der Waals surface area contributed by atoms with Crippen LogP contribution in [0.25, 0.3) is 11.1 Å². The fourth-order valence-electron chi connectivity index (χ4n) is 2.39. The number of halogens is 3. The molecule has 0 atom stereocenters. The summed E-state index contributed by atoms with van der Waals surface area (Å²) < 4.78 is 32.5. The molecule has 1 aromatic carbocycles. The van der Waals surface area contributed by atoms with Crippen molar-refractivity contribution in [2.45, 2.75) is 25.1 Å². The van der Waals surface area contributed by atoms with E-state index in [0.717, 1.165) is 0 Å². The zero-order valence-electron chi connectivity index (χ0n) is 13.0. The third kappa shape index (κ3) is 3.42. The lowest BCUT2D eigenvalue weighted by Gasteiger charge is -2.18. The Morgan fingerprint density at radius 3 is 2.35 bits per heavy atom. The Bertz CT molecular complexity index is 730. The number of carbonyl (C=O) groups excluding carboxylic acids is 1. The average Bonchev–Trinajstić information content (AvgIpc) is 2.53. The van der Waals surface area contributed by atoms with Gasteiger partial charge < -0.3 is 4.74 Å². The van der Waals surface area contributed by atoms with Crippen LogP contribution >= 0.6 is 15.9 Å². The van der Waals surface area contributed by atoms with Gasteiger partial charge in [0, 0.05) is 16.5 Å². The van der Waals surface area contributed by atoms with E-state index in [9.17, 15) is 13.6 Å². The van der Waals surface area contributed by atoms with Crippen LogP contribution in [0.1, 0.15) is 41.4 Å². The second-order valence-corrected chi connectivity index (χ2v) is 5.86. The highest BCUT2D eigenvalue weighted by Crippen LogP contribution is 2.35. The summed E-state index contributed by atoms with van der Waals surface area (Å²) in [6, 6.07) is 5.54. The Morgan fingerprint density at radius 1 is 1.26 bits per heavy atom. The maximum absolute atomic E-state index is 14.4. The van der Waals surface area contributed by atoms with Crippen LogP contribution < -0.4 is 0 Å². The number of rotatable bonds is 4. The molecule has 122 valence electrons. The molecule has 2 aromatic rings. The molecule has 6 heteroatoms. The lowest BCUT2D eigenvalue weighted by molar-refractivity contribution is 0.0599. The van der Waals surface area contributed by atoms with Gasteiger partial charge in [-0.05, 0) is 23.6 Å². The molecule has 0 spiro atoms. The third-order valence-electron chi connectivity index (χ3n) is 3.48. The highest BCUT2D eigenvalue weighted by molar-refractivity contribution is 9.08. The molecule has 0 saturated carbocycles. The normalized spacial score (nSPS) is 10.9. The topological polar surface area (TPSA) is 39.2 Å². The van der Waals surface area contributed by atoms with Crippen molar-refractivity contribution in [1.29, 1.82) is 0 Å². The number of hydrogen-bond acceptors (Lipinski definition) is 3. The lowest BCUT2D eigenvalue weighted by atomic mass is 9.91. The van der Waals surface area contributed by atoms with Crippen LogP contribution in [0.4, 0.5) is 8.78 Å². The largest absolute Gasteiger partial charge is 0.465 e. The fraction of sp³-hybridized carbons (Fsp3) is 0.294. The molecule has 0 aliphatic rings. The highest BCUT2D eigenvalue weighted by atomic mass is 79.9. The molecular formula is C17H16BrF2NO2. The number of carbonyl (C=O) groups is 1. The number of nitrogens with zero attached hydrogens (tertiary/aromatic N) is 1. The number of methoxy groups -OCH3 is 1. The van der Waals surface area contributed by atoms with E-state index in [0.29, 0.717) is 16.8 Å². The SMILES string of the molecule is COC(=O)c1c(C(C)C)nc(F)c(CBr)c1-c1ccc(F)cc1. The monoisotopic (exact) mass is 383 g/mol. The standard InChI is InChI=1S/C17H16BrF2NO2/c1-9(2)15-14(17(22)23-3)13(12(8-18)16(20)21-15)10-4-6-11(19)7-5-10/h4-7,9H,8H2,1-3H3. The van der Waals surface area contributed by atoms with Crippen LogP contribution in [-0.4, -0.2) is 18.1 Å². The van der Waals surface area contributed by atoms with Gasteiger partial charge in [-0.3, -0.25) is 0 Å². The van der Waals surface area contributed by atoms with Crippen LogP contribution in [0, 0.1) is 11.8 Å². The van der Waals surface area contributed by atoms with Crippen molar-refractivity contribution < 1.29 is 18.3 Å². The molecule has 1 heterocycles. The minimum atomic E-state index is -0.655. The summed E-state index contributed by atoms with van der Waals surface area (Å²) >= 11 is 3.23. The van der Waals surface area contributed by atoms with E-state index in [-0.39, 0.29) is 22.4 Å². The smallest absolute Gasteiger partial charge is 0.340 e. The number of benzene rings is 1. The highest BCUT2D eigenvalue weighted by Gasteiger charge is 2.27. The maximum Gasteiger partial charge on any atom is 0.340 e. The summed E-state index contributed by atoms with van der Waals surface area (Å²) in [6.07, 6.45) is 0. The van der Waals surface area contributed by atoms with Crippen LogP contribution in [0.5, 0.6) is 0 Å². The fourth-order valence-corrected chi connectivity index (χ4v) is 2.91. The summed E-state index contributed by atoms with van der Waals surface area (Å²) in [5.74, 6) is -1.84. The number of aromatic nitrogens is 1. The summed E-state index contributed by atoms with van der Waals surface area (Å²) in [6.45, 7) is 3.63. The summed E-state index contributed by atoms with van der Waals surface area (Å²) in [5.41, 5.74) is 1.68. The van der Waals surface area contributed by atoms with Crippen molar-refractivity contribution in [3.05, 3.63) is 52.9 Å². The molecule has 0 aliphatic carbocycles. The molecule has 0 unspecified atom stereocenters. The molecule has 0 N–H and O–H groups in total. The molecule has 1 aromatic heterocycles. The Labute approximate surface area is 141 Å². The number of ether oxygens (including phenoxy) is 1. The predicted molar refractivity (Wildman–Crippen MR) is 87.6 cm³/mol. The molecule has 0 fully saturated rings. The molecular weight excluding hydrogens is 368 g/mol. The van der Waals surface area contributed by atoms with E-state index in [1.807, 2.05) is 13.8 Å². The van der Waals surface area contributed by atoms with Gasteiger partial charge in [-0.1, -0.05) is 41.9 Å². The maximum atomic E-state index is 14.4. The van der Waals surface area contributed by atoms with Gasteiger partial charge in [-0.25, -0.2) is 14.2 Å². The van der Waals surface area contributed by atoms with E-state index in [2.05, 4.69) is 20.9 Å². The first-order chi connectivity index (χ1) is 10.9. The summed E-state index contributed by atoms with van der Waals surface area (Å²) in [5, 5.41) is 0.168. The molecule has 0 aliphatic heterocycles. The van der Waals surface area contributed by atoms with E-state index < -0.39 is 17.7 Å². The zero-order chi connectivity index (χ0) is 17.1. The first-order valence-corrected chi connectivity index (χ1v) is 8.15. The van der Waals surface area contributed by atoms with Gasteiger partial charge >= 0.3 is 5.97 Å². The van der Waals surface area contributed by atoms with Crippen molar-refractivity contribution in [1.82, 2.24) is 4.98 Å². The van der Waals surface area contributed by atoms with Gasteiger partial charge in [0.2, 0.25) is 5.95 Å². The molecule has 0 amide bonds. The second kappa shape index (κ2) is 7.17. The first kappa shape index (κ1) is 17.5. The number of pyridine rings is 1. The van der Waals surface area contributed by atoms with Gasteiger partial charge in [0.1, 0.15) is 5.82 Å². The third-order valence-corrected chi connectivity index (χ3v) is 4.04. The summed E-state index contributed by atoms with van der Waals surface area (Å²) in [4.78, 5) is 16.2. The number of alkyl halides is 1. The van der Waals surface area contributed by atoms with Crippen molar-refractivity contribution in [2.24, 2.45) is 0 Å². The average molecular weight is 384 g/mol. The Morgan fingerprint density at radius 2 is 1.87 bits per heavy atom. The molecule has 2 rings (SSSR count). The second-order valence-electron chi connectivity index (χ2n) is 5.30. The quantitative estimate of drug-likeness (QED) is 0.431. The number of hydrogen-bond donors (Lipinski definition) is 0. The molecule has 23 heavy (non-hydrogen) atoms. The van der Waals surface area contributed by atoms with Crippen LogP contribution in [-0.2, 0) is 10.1 Å². The van der Waals surface area contributed by atoms with E-state index in [4.69, 9.17) is 4.74 Å². The molecule has 3 nitrogen and oxygen atoms in total. The van der Waals surface area contributed by atoms with Gasteiger partial charge in [0.15, 0.2) is 0 Å². The minimum absolute atomic E-state index is 0.168. The minimum Gasteiger partial charge on any atom is -0.465 e. The van der Waals surface area contributed by atoms with Crippen molar-refractivity contribution in [2.75, 3.05) is 7.11 Å². The van der Waals surface area contributed by atoms with Crippen molar-refractivity contribution >= 4 is 21.9 Å². The van der Waals surface area contributed by atoms with Gasteiger partial charge in [0.25, 0.3) is 0 Å². The molecule has 0 radical (unpaired) electrons.